The van der Waals surface area contributed by atoms with E-state index >= 15 is 0 Å². The molecule has 7 nitrogen and oxygen atoms in total. The largest absolute Gasteiger partial charge is 0.370 e. The van der Waals surface area contributed by atoms with E-state index in [9.17, 15) is 4.79 Å². The van der Waals surface area contributed by atoms with E-state index in [2.05, 4.69) is 22.3 Å². The van der Waals surface area contributed by atoms with Gasteiger partial charge in [0.2, 0.25) is 5.91 Å². The second-order valence-electron chi connectivity index (χ2n) is 7.87. The maximum absolute atomic E-state index is 12.5. The molecule has 2 aromatic rings. The minimum absolute atomic E-state index is 0.0346. The first-order valence-electron chi connectivity index (χ1n) is 10.1. The number of anilines is 1. The Morgan fingerprint density at radius 1 is 1.29 bits per heavy atom. The molecule has 7 N–H and O–H groups in total. The fourth-order valence-corrected chi connectivity index (χ4v) is 4.42. The lowest BCUT2D eigenvalue weighted by Gasteiger charge is -2.33. The van der Waals surface area contributed by atoms with Gasteiger partial charge in [-0.1, -0.05) is 35.3 Å². The third kappa shape index (κ3) is 6.11. The van der Waals surface area contributed by atoms with Crippen molar-refractivity contribution in [2.24, 2.45) is 22.2 Å². The van der Waals surface area contributed by atoms with E-state index in [1.165, 1.54) is 0 Å². The number of aliphatic imine (C=N–C) groups is 1. The highest BCUT2D eigenvalue weighted by atomic mass is 35.5. The first kappa shape index (κ1) is 23.3. The quantitative estimate of drug-likeness (QED) is 0.286. The zero-order chi connectivity index (χ0) is 22.5. The van der Waals surface area contributed by atoms with Gasteiger partial charge in [-0.3, -0.25) is 9.79 Å². The summed E-state index contributed by atoms with van der Waals surface area (Å²) >= 11 is 12.8. The lowest BCUT2D eigenvalue weighted by Crippen LogP contribution is -2.36. The number of amides is 1. The topological polar surface area (TPSA) is 123 Å². The normalized spacial score (nSPS) is 17.0. The molecule has 9 heteroatoms. The van der Waals surface area contributed by atoms with Crippen LogP contribution >= 0.6 is 23.2 Å². The summed E-state index contributed by atoms with van der Waals surface area (Å²) in [5, 5.41) is 4.21. The van der Waals surface area contributed by atoms with Gasteiger partial charge in [-0.2, -0.15) is 0 Å². The van der Waals surface area contributed by atoms with Gasteiger partial charge in [0.1, 0.15) is 0 Å². The van der Waals surface area contributed by atoms with Crippen LogP contribution in [-0.4, -0.2) is 42.9 Å². The van der Waals surface area contributed by atoms with E-state index in [4.69, 9.17) is 40.4 Å². The molecule has 0 bridgehead atoms. The van der Waals surface area contributed by atoms with Crippen molar-refractivity contribution in [3.05, 3.63) is 63.1 Å². The predicted molar refractivity (Wildman–Crippen MR) is 128 cm³/mol. The third-order valence-electron chi connectivity index (χ3n) is 5.35. The number of benzene rings is 2. The summed E-state index contributed by atoms with van der Waals surface area (Å²) in [6.45, 7) is 2.04. The van der Waals surface area contributed by atoms with Gasteiger partial charge in [0, 0.05) is 41.3 Å². The Hall–Kier alpha value is -2.32. The zero-order valence-electron chi connectivity index (χ0n) is 17.4. The number of hydrogen-bond donors (Lipinski definition) is 4. The van der Waals surface area contributed by atoms with Gasteiger partial charge in [-0.15, -0.1) is 0 Å². The van der Waals surface area contributed by atoms with Crippen LogP contribution in [0.4, 0.5) is 5.69 Å². The smallest absolute Gasteiger partial charge is 0.241 e. The second-order valence-corrected chi connectivity index (χ2v) is 8.72. The van der Waals surface area contributed by atoms with Crippen LogP contribution in [-0.2, 0) is 11.3 Å². The molecule has 1 aliphatic heterocycles. The maximum Gasteiger partial charge on any atom is 0.241 e. The lowest BCUT2D eigenvalue weighted by molar-refractivity contribution is -0.117. The van der Waals surface area contributed by atoms with Gasteiger partial charge in [0.15, 0.2) is 5.96 Å². The summed E-state index contributed by atoms with van der Waals surface area (Å²) in [5.74, 6) is -0.114. The number of likely N-dealkylation sites (N-methyl/N-ethyl adjacent to an activating group) is 1. The van der Waals surface area contributed by atoms with Crippen LogP contribution in [0, 0.1) is 0 Å². The molecule has 0 aliphatic carbocycles. The first-order chi connectivity index (χ1) is 14.7. The van der Waals surface area contributed by atoms with Crippen LogP contribution < -0.4 is 22.5 Å². The Balaban J connectivity index is 1.74. The summed E-state index contributed by atoms with van der Waals surface area (Å²) in [6.07, 6.45) is 1.11. The summed E-state index contributed by atoms with van der Waals surface area (Å²) < 4.78 is 0. The van der Waals surface area contributed by atoms with E-state index in [0.29, 0.717) is 35.1 Å². The molecule has 0 saturated carbocycles. The lowest BCUT2D eigenvalue weighted by atomic mass is 9.84. The SMILES string of the molecule is CN1Cc2c(Cl)cc(Cl)cc2C(c2cccc(NC(=O)[C@@H](N)CCCN=C(N)N)c2)C1. The van der Waals surface area contributed by atoms with E-state index < -0.39 is 6.04 Å². The van der Waals surface area contributed by atoms with Crippen molar-refractivity contribution in [1.29, 1.82) is 0 Å². The van der Waals surface area contributed by atoms with Crippen molar-refractivity contribution < 1.29 is 4.79 Å². The highest BCUT2D eigenvalue weighted by molar-refractivity contribution is 6.35. The Labute approximate surface area is 192 Å². The van der Waals surface area contributed by atoms with Crippen molar-refractivity contribution in [2.45, 2.75) is 31.3 Å². The Kier molecular flexibility index (Phi) is 7.78. The number of carbonyl (C=O) groups is 1. The van der Waals surface area contributed by atoms with Crippen molar-refractivity contribution in [3.8, 4) is 0 Å². The van der Waals surface area contributed by atoms with Crippen LogP contribution in [0.5, 0.6) is 0 Å². The third-order valence-corrected chi connectivity index (χ3v) is 5.91. The minimum Gasteiger partial charge on any atom is -0.370 e. The van der Waals surface area contributed by atoms with E-state index in [0.717, 1.165) is 29.8 Å². The molecule has 1 heterocycles. The van der Waals surface area contributed by atoms with Gasteiger partial charge < -0.3 is 27.4 Å². The summed E-state index contributed by atoms with van der Waals surface area (Å²) in [7, 11) is 2.06. The fraction of sp³-hybridized carbons (Fsp3) is 0.364. The second kappa shape index (κ2) is 10.3. The maximum atomic E-state index is 12.5. The molecule has 0 radical (unpaired) electrons. The summed E-state index contributed by atoms with van der Waals surface area (Å²) in [6, 6.07) is 10.9. The molecular formula is C22H28Cl2N6O. The van der Waals surface area contributed by atoms with Crippen molar-refractivity contribution in [3.63, 3.8) is 0 Å². The number of rotatable bonds is 7. The van der Waals surface area contributed by atoms with Crippen LogP contribution in [0.3, 0.4) is 0 Å². The number of guanidine groups is 1. The molecular weight excluding hydrogens is 435 g/mol. The van der Waals surface area contributed by atoms with Gasteiger partial charge in [-0.25, -0.2) is 0 Å². The monoisotopic (exact) mass is 462 g/mol. The predicted octanol–water partition coefficient (Wildman–Crippen LogP) is 2.89. The molecule has 2 atom stereocenters. The average molecular weight is 463 g/mol. The molecule has 2 aromatic carbocycles. The highest BCUT2D eigenvalue weighted by Crippen LogP contribution is 2.38. The van der Waals surface area contributed by atoms with Crippen LogP contribution in [0.2, 0.25) is 10.0 Å². The number of nitrogens with one attached hydrogen (secondary N) is 1. The number of hydrogen-bond acceptors (Lipinski definition) is 4. The molecule has 1 amide bonds. The number of halogens is 2. The molecule has 166 valence electrons. The van der Waals surface area contributed by atoms with Crippen LogP contribution in [0.15, 0.2) is 41.4 Å². The Bertz CT molecular complexity index is 976. The average Bonchev–Trinajstić information content (AvgIpc) is 2.71. The number of nitrogens with zero attached hydrogens (tertiary/aromatic N) is 2. The van der Waals surface area contributed by atoms with Crippen LogP contribution in [0.25, 0.3) is 0 Å². The van der Waals surface area contributed by atoms with Gasteiger partial charge in [-0.05, 0) is 60.8 Å². The molecule has 1 aliphatic rings. The highest BCUT2D eigenvalue weighted by Gasteiger charge is 2.27. The fourth-order valence-electron chi connectivity index (χ4n) is 3.85. The number of carbonyl (C=O) groups excluding carboxylic acids is 1. The molecule has 0 fully saturated rings. The number of nitrogens with two attached hydrogens (primary N) is 3. The molecule has 31 heavy (non-hydrogen) atoms. The summed E-state index contributed by atoms with van der Waals surface area (Å²) in [5.41, 5.74) is 20.6. The van der Waals surface area contributed by atoms with Crippen molar-refractivity contribution in [1.82, 2.24) is 4.90 Å². The van der Waals surface area contributed by atoms with E-state index in [1.54, 1.807) is 6.07 Å². The molecule has 0 spiro atoms. The Morgan fingerprint density at radius 3 is 2.81 bits per heavy atom. The number of fused-ring (bicyclic) bond motifs is 1. The molecule has 0 aromatic heterocycles. The van der Waals surface area contributed by atoms with Crippen LogP contribution in [0.1, 0.15) is 35.4 Å². The molecule has 3 rings (SSSR count). The van der Waals surface area contributed by atoms with Crippen molar-refractivity contribution in [2.75, 3.05) is 25.5 Å². The van der Waals surface area contributed by atoms with Gasteiger partial charge in [0.25, 0.3) is 0 Å². The van der Waals surface area contributed by atoms with E-state index in [-0.39, 0.29) is 17.8 Å². The van der Waals surface area contributed by atoms with Gasteiger partial charge in [0.05, 0.1) is 6.04 Å². The van der Waals surface area contributed by atoms with Gasteiger partial charge >= 0.3 is 0 Å². The van der Waals surface area contributed by atoms with E-state index in [1.807, 2.05) is 30.3 Å². The zero-order valence-corrected chi connectivity index (χ0v) is 19.0. The minimum atomic E-state index is -0.642. The molecule has 1 unspecified atom stereocenters. The first-order valence-corrected chi connectivity index (χ1v) is 10.9. The standard InChI is InChI=1S/C22H28Cl2N6O/c1-30-11-17(16-9-14(23)10-19(24)18(16)12-30)13-4-2-5-15(8-13)29-21(31)20(25)6-3-7-28-22(26)27/h2,4-5,8-10,17,20H,3,6-7,11-12,25H2,1H3,(H,29,31)(H4,26,27,28)/t17?,20-/m0/s1. The Morgan fingerprint density at radius 2 is 2.06 bits per heavy atom. The summed E-state index contributed by atoms with van der Waals surface area (Å²) in [4.78, 5) is 18.6. The molecule has 0 saturated heterocycles. The van der Waals surface area contributed by atoms with Crippen molar-refractivity contribution >= 4 is 40.8 Å².